The van der Waals surface area contributed by atoms with E-state index in [4.69, 9.17) is 4.74 Å². The number of hydrogen-bond donors (Lipinski definition) is 0. The molecule has 2 nitrogen and oxygen atoms in total. The van der Waals surface area contributed by atoms with Crippen molar-refractivity contribution in [3.63, 3.8) is 0 Å². The molecule has 0 spiro atoms. The second-order valence-corrected chi connectivity index (χ2v) is 4.77. The highest BCUT2D eigenvalue weighted by Gasteiger charge is 2.32. The standard InChI is InChI=1S/C11H22BrNO/c1-3-13(4-2)10-11(9-12)5-7-14-8-6-11/h3-10H2,1-2H3. The summed E-state index contributed by atoms with van der Waals surface area (Å²) in [4.78, 5) is 2.52. The smallest absolute Gasteiger partial charge is 0.0472 e. The van der Waals surface area contributed by atoms with Gasteiger partial charge in [-0.25, -0.2) is 0 Å². The third-order valence-corrected chi connectivity index (χ3v) is 4.48. The Morgan fingerprint density at radius 1 is 1.21 bits per heavy atom. The van der Waals surface area contributed by atoms with Gasteiger partial charge in [-0.05, 0) is 31.3 Å². The second kappa shape index (κ2) is 6.09. The summed E-state index contributed by atoms with van der Waals surface area (Å²) in [5.41, 5.74) is 0.463. The molecule has 3 heteroatoms. The molecule has 1 heterocycles. The van der Waals surface area contributed by atoms with Gasteiger partial charge in [0.15, 0.2) is 0 Å². The van der Waals surface area contributed by atoms with Gasteiger partial charge in [-0.2, -0.15) is 0 Å². The molecule has 14 heavy (non-hydrogen) atoms. The first-order valence-electron chi connectivity index (χ1n) is 5.62. The highest BCUT2D eigenvalue weighted by molar-refractivity contribution is 9.09. The van der Waals surface area contributed by atoms with Gasteiger partial charge < -0.3 is 9.64 Å². The van der Waals surface area contributed by atoms with Crippen LogP contribution in [0.25, 0.3) is 0 Å². The third-order valence-electron chi connectivity index (χ3n) is 3.29. The van der Waals surface area contributed by atoms with E-state index in [1.54, 1.807) is 0 Å². The van der Waals surface area contributed by atoms with Gasteiger partial charge in [0, 0.05) is 25.1 Å². The van der Waals surface area contributed by atoms with Crippen molar-refractivity contribution in [3.8, 4) is 0 Å². The van der Waals surface area contributed by atoms with E-state index >= 15 is 0 Å². The van der Waals surface area contributed by atoms with Crippen LogP contribution in [-0.4, -0.2) is 43.1 Å². The monoisotopic (exact) mass is 263 g/mol. The Kier molecular flexibility index (Phi) is 5.42. The van der Waals surface area contributed by atoms with Gasteiger partial charge in [-0.15, -0.1) is 0 Å². The van der Waals surface area contributed by atoms with Crippen LogP contribution in [-0.2, 0) is 4.74 Å². The molecule has 0 bridgehead atoms. The molecule has 1 saturated heterocycles. The van der Waals surface area contributed by atoms with E-state index in [0.717, 1.165) is 31.6 Å². The van der Waals surface area contributed by atoms with Crippen molar-refractivity contribution in [2.75, 3.05) is 38.2 Å². The maximum atomic E-state index is 5.44. The highest BCUT2D eigenvalue weighted by Crippen LogP contribution is 2.33. The molecule has 1 fully saturated rings. The molecule has 0 radical (unpaired) electrons. The Morgan fingerprint density at radius 3 is 2.21 bits per heavy atom. The van der Waals surface area contributed by atoms with Crippen LogP contribution in [0.1, 0.15) is 26.7 Å². The fourth-order valence-electron chi connectivity index (χ4n) is 2.06. The lowest BCUT2D eigenvalue weighted by atomic mass is 9.82. The molecule has 0 N–H and O–H groups in total. The van der Waals surface area contributed by atoms with Gasteiger partial charge in [0.05, 0.1) is 0 Å². The molecule has 84 valence electrons. The lowest BCUT2D eigenvalue weighted by Crippen LogP contribution is -2.42. The molecule has 0 saturated carbocycles. The van der Waals surface area contributed by atoms with Crippen LogP contribution in [0.15, 0.2) is 0 Å². The number of nitrogens with zero attached hydrogens (tertiary/aromatic N) is 1. The Morgan fingerprint density at radius 2 is 1.79 bits per heavy atom. The predicted molar refractivity (Wildman–Crippen MR) is 64.1 cm³/mol. The zero-order valence-corrected chi connectivity index (χ0v) is 11.0. The van der Waals surface area contributed by atoms with Crippen LogP contribution in [0.4, 0.5) is 0 Å². The Bertz CT molecular complexity index is 153. The zero-order valence-electron chi connectivity index (χ0n) is 9.39. The first kappa shape index (κ1) is 12.5. The summed E-state index contributed by atoms with van der Waals surface area (Å²) < 4.78 is 5.44. The van der Waals surface area contributed by atoms with Crippen LogP contribution in [0.3, 0.4) is 0 Å². The molecule has 1 rings (SSSR count). The zero-order chi connectivity index (χ0) is 10.4. The average molecular weight is 264 g/mol. The van der Waals surface area contributed by atoms with Gasteiger partial charge in [-0.3, -0.25) is 0 Å². The van der Waals surface area contributed by atoms with Gasteiger partial charge in [0.2, 0.25) is 0 Å². The lowest BCUT2D eigenvalue weighted by Gasteiger charge is -2.39. The highest BCUT2D eigenvalue weighted by atomic mass is 79.9. The number of alkyl halides is 1. The van der Waals surface area contributed by atoms with Crippen LogP contribution >= 0.6 is 15.9 Å². The van der Waals surface area contributed by atoms with E-state index in [1.807, 2.05) is 0 Å². The topological polar surface area (TPSA) is 12.5 Å². The number of hydrogen-bond acceptors (Lipinski definition) is 2. The summed E-state index contributed by atoms with van der Waals surface area (Å²) in [6.45, 7) is 9.89. The maximum Gasteiger partial charge on any atom is 0.0472 e. The number of rotatable bonds is 5. The Balaban J connectivity index is 2.50. The normalized spacial score (nSPS) is 21.4. The summed E-state index contributed by atoms with van der Waals surface area (Å²) in [5.74, 6) is 0. The fourth-order valence-corrected chi connectivity index (χ4v) is 2.80. The van der Waals surface area contributed by atoms with Crippen molar-refractivity contribution in [3.05, 3.63) is 0 Å². The minimum absolute atomic E-state index is 0.463. The molecular weight excluding hydrogens is 242 g/mol. The van der Waals surface area contributed by atoms with E-state index in [2.05, 4.69) is 34.7 Å². The predicted octanol–water partition coefficient (Wildman–Crippen LogP) is 2.52. The molecule has 0 amide bonds. The summed E-state index contributed by atoms with van der Waals surface area (Å²) in [6, 6.07) is 0. The summed E-state index contributed by atoms with van der Waals surface area (Å²) in [7, 11) is 0. The van der Waals surface area contributed by atoms with E-state index in [0.29, 0.717) is 5.41 Å². The molecule has 0 aromatic heterocycles. The molecule has 0 aromatic carbocycles. The maximum absolute atomic E-state index is 5.44. The molecule has 1 aliphatic heterocycles. The first-order chi connectivity index (χ1) is 6.76. The van der Waals surface area contributed by atoms with Crippen LogP contribution in [0, 0.1) is 5.41 Å². The van der Waals surface area contributed by atoms with Crippen molar-refractivity contribution < 1.29 is 4.74 Å². The lowest BCUT2D eigenvalue weighted by molar-refractivity contribution is 0.00969. The van der Waals surface area contributed by atoms with Gasteiger partial charge in [0.25, 0.3) is 0 Å². The van der Waals surface area contributed by atoms with Gasteiger partial charge >= 0.3 is 0 Å². The Hall–Kier alpha value is 0.400. The van der Waals surface area contributed by atoms with Crippen LogP contribution in [0.5, 0.6) is 0 Å². The summed E-state index contributed by atoms with van der Waals surface area (Å²) in [5, 5.41) is 1.11. The average Bonchev–Trinajstić information content (AvgIpc) is 2.27. The van der Waals surface area contributed by atoms with E-state index < -0.39 is 0 Å². The third kappa shape index (κ3) is 3.21. The van der Waals surface area contributed by atoms with Crippen LogP contribution in [0.2, 0.25) is 0 Å². The number of ether oxygens (including phenoxy) is 1. The SMILES string of the molecule is CCN(CC)CC1(CBr)CCOCC1. The quantitative estimate of drug-likeness (QED) is 0.707. The largest absolute Gasteiger partial charge is 0.381 e. The van der Waals surface area contributed by atoms with Crippen molar-refractivity contribution in [2.45, 2.75) is 26.7 Å². The molecule has 1 aliphatic rings. The molecule has 0 aliphatic carbocycles. The molecular formula is C11H22BrNO. The van der Waals surface area contributed by atoms with E-state index in [9.17, 15) is 0 Å². The van der Waals surface area contributed by atoms with Crippen LogP contribution < -0.4 is 0 Å². The minimum atomic E-state index is 0.463. The summed E-state index contributed by atoms with van der Waals surface area (Å²) >= 11 is 3.67. The van der Waals surface area contributed by atoms with E-state index in [-0.39, 0.29) is 0 Å². The van der Waals surface area contributed by atoms with Gasteiger partial charge in [-0.1, -0.05) is 29.8 Å². The molecule has 0 aromatic rings. The molecule has 0 atom stereocenters. The minimum Gasteiger partial charge on any atom is -0.381 e. The van der Waals surface area contributed by atoms with Crippen molar-refractivity contribution >= 4 is 15.9 Å². The van der Waals surface area contributed by atoms with Gasteiger partial charge in [0.1, 0.15) is 0 Å². The van der Waals surface area contributed by atoms with Crippen molar-refractivity contribution in [1.29, 1.82) is 0 Å². The second-order valence-electron chi connectivity index (χ2n) is 4.21. The Labute approximate surface area is 96.1 Å². The van der Waals surface area contributed by atoms with Crippen molar-refractivity contribution in [2.24, 2.45) is 5.41 Å². The number of halogens is 1. The van der Waals surface area contributed by atoms with E-state index in [1.165, 1.54) is 19.4 Å². The first-order valence-corrected chi connectivity index (χ1v) is 6.74. The fraction of sp³-hybridized carbons (Fsp3) is 1.00. The summed E-state index contributed by atoms with van der Waals surface area (Å²) in [6.07, 6.45) is 2.41. The molecule has 0 unspecified atom stereocenters. The van der Waals surface area contributed by atoms with Crippen molar-refractivity contribution in [1.82, 2.24) is 4.90 Å².